The molecule has 0 bridgehead atoms. The zero-order valence-electron chi connectivity index (χ0n) is 32.6. The quantitative estimate of drug-likeness (QED) is 0.135. The van der Waals surface area contributed by atoms with Gasteiger partial charge < -0.3 is 19.3 Å². The van der Waals surface area contributed by atoms with E-state index in [-0.39, 0.29) is 23.3 Å². The molecule has 10 heteroatoms. The average molecular weight is 801 g/mol. The van der Waals surface area contributed by atoms with Gasteiger partial charge in [-0.1, -0.05) is 117 Å². The maximum Gasteiger partial charge on any atom is 0.417 e. The highest BCUT2D eigenvalue weighted by atomic mass is 32.2. The molecule has 2 N–H and O–H groups in total. The highest BCUT2D eigenvalue weighted by Crippen LogP contribution is 2.45. The number of aryl methyl sites for hydroxylation is 1. The van der Waals surface area contributed by atoms with Crippen molar-refractivity contribution in [3.05, 3.63) is 160 Å². The first-order valence-corrected chi connectivity index (χ1v) is 20.2. The number of alkyl halides is 3. The van der Waals surface area contributed by atoms with Gasteiger partial charge in [-0.3, -0.25) is 9.59 Å². The van der Waals surface area contributed by atoms with Gasteiger partial charge in [0.15, 0.2) is 0 Å². The van der Waals surface area contributed by atoms with E-state index < -0.39 is 30.1 Å². The van der Waals surface area contributed by atoms with Crippen LogP contribution in [0.4, 0.5) is 13.2 Å². The van der Waals surface area contributed by atoms with Gasteiger partial charge in [0.05, 0.1) is 29.4 Å². The van der Waals surface area contributed by atoms with E-state index >= 15 is 0 Å². The van der Waals surface area contributed by atoms with Gasteiger partial charge >= 0.3 is 18.1 Å². The third-order valence-corrected chi connectivity index (χ3v) is 11.4. The molecule has 0 fully saturated rings. The lowest BCUT2D eigenvalue weighted by Gasteiger charge is -2.18. The van der Waals surface area contributed by atoms with Crippen LogP contribution in [-0.4, -0.2) is 37.5 Å². The Hall–Kier alpha value is -6.00. The van der Waals surface area contributed by atoms with E-state index in [0.717, 1.165) is 34.9 Å². The Bertz CT molecular complexity index is 2810. The van der Waals surface area contributed by atoms with Crippen LogP contribution in [0.25, 0.3) is 43.6 Å². The minimum absolute atomic E-state index is 0.0527. The van der Waals surface area contributed by atoms with Gasteiger partial charge in [-0.25, -0.2) is 0 Å². The maximum absolute atomic E-state index is 14.1. The van der Waals surface area contributed by atoms with Gasteiger partial charge in [0, 0.05) is 50.6 Å². The molecule has 6 nitrogen and oxygen atoms in total. The van der Waals surface area contributed by atoms with Gasteiger partial charge in [0.2, 0.25) is 0 Å². The van der Waals surface area contributed by atoms with Crippen molar-refractivity contribution in [3.8, 4) is 0 Å². The second kappa shape index (κ2) is 16.5. The van der Waals surface area contributed by atoms with Crippen LogP contribution in [0.1, 0.15) is 58.7 Å². The summed E-state index contributed by atoms with van der Waals surface area (Å²) in [5.41, 5.74) is 8.25. The summed E-state index contributed by atoms with van der Waals surface area (Å²) < 4.78 is 46.5. The number of benzene rings is 6. The monoisotopic (exact) mass is 800 g/mol. The molecular formula is C48H43F3N2O4S. The molecule has 0 aliphatic rings. The van der Waals surface area contributed by atoms with E-state index in [0.29, 0.717) is 27.9 Å². The van der Waals surface area contributed by atoms with Gasteiger partial charge in [-0.05, 0) is 70.7 Å². The first-order chi connectivity index (χ1) is 27.8. The fraction of sp³-hybridized carbons (Fsp3) is 0.208. The average Bonchev–Trinajstić information content (AvgIpc) is 3.67. The van der Waals surface area contributed by atoms with E-state index in [1.54, 1.807) is 30.5 Å². The summed E-state index contributed by atoms with van der Waals surface area (Å²) in [4.78, 5) is 23.5. The van der Waals surface area contributed by atoms with Crippen molar-refractivity contribution in [1.29, 1.82) is 0 Å². The van der Waals surface area contributed by atoms with Crippen molar-refractivity contribution in [2.24, 2.45) is 0 Å². The minimum Gasteiger partial charge on any atom is -0.481 e. The molecule has 296 valence electrons. The normalized spacial score (nSPS) is 11.8. The van der Waals surface area contributed by atoms with Gasteiger partial charge in [0.25, 0.3) is 0 Å². The molecule has 0 radical (unpaired) electrons. The number of hydrogen-bond acceptors (Lipinski definition) is 3. The fourth-order valence-electron chi connectivity index (χ4n) is 8.38. The summed E-state index contributed by atoms with van der Waals surface area (Å²) in [7, 11) is 0. The lowest BCUT2D eigenvalue weighted by molar-refractivity contribution is -0.138. The smallest absolute Gasteiger partial charge is 0.417 e. The summed E-state index contributed by atoms with van der Waals surface area (Å²) in [5.74, 6) is -1.72. The largest absolute Gasteiger partial charge is 0.481 e. The van der Waals surface area contributed by atoms with Gasteiger partial charge in [0.1, 0.15) is 0 Å². The second-order valence-corrected chi connectivity index (χ2v) is 15.6. The summed E-state index contributed by atoms with van der Waals surface area (Å²) in [6.45, 7) is 7.55. The van der Waals surface area contributed by atoms with E-state index in [4.69, 9.17) is 0 Å². The van der Waals surface area contributed by atoms with Crippen LogP contribution in [0.15, 0.2) is 126 Å². The highest BCUT2D eigenvalue weighted by molar-refractivity contribution is 7.98. The van der Waals surface area contributed by atoms with E-state index in [9.17, 15) is 33.0 Å². The number of hydrogen-bond donors (Lipinski definition) is 2. The van der Waals surface area contributed by atoms with Crippen LogP contribution >= 0.6 is 11.8 Å². The van der Waals surface area contributed by atoms with Crippen LogP contribution in [0.5, 0.6) is 0 Å². The molecule has 2 aromatic heterocycles. The molecule has 0 aliphatic heterocycles. The van der Waals surface area contributed by atoms with E-state index in [1.165, 1.54) is 39.1 Å². The molecule has 0 atom stereocenters. The number of fused-ring (bicyclic) bond motifs is 6. The zero-order valence-corrected chi connectivity index (χ0v) is 33.4. The zero-order chi connectivity index (χ0) is 41.3. The third-order valence-electron chi connectivity index (χ3n) is 10.6. The topological polar surface area (TPSA) is 84.5 Å². The Morgan fingerprint density at radius 1 is 0.655 bits per heavy atom. The number of nitrogens with zero attached hydrogens (tertiary/aromatic N) is 2. The Morgan fingerprint density at radius 3 is 1.60 bits per heavy atom. The molecule has 6 aromatic carbocycles. The summed E-state index contributed by atoms with van der Waals surface area (Å²) in [6, 6.07) is 38.5. The molecule has 0 spiro atoms. The number of carboxylic acid groups (broad SMARTS) is 2. The predicted molar refractivity (Wildman–Crippen MR) is 228 cm³/mol. The van der Waals surface area contributed by atoms with Crippen molar-refractivity contribution in [2.45, 2.75) is 63.7 Å². The Kier molecular flexibility index (Phi) is 11.4. The fourth-order valence-corrected chi connectivity index (χ4v) is 9.18. The van der Waals surface area contributed by atoms with Crippen LogP contribution < -0.4 is 0 Å². The minimum atomic E-state index is -4.61. The number of para-hydroxylation sites is 2. The van der Waals surface area contributed by atoms with Crippen molar-refractivity contribution in [3.63, 3.8) is 0 Å². The molecular weight excluding hydrogens is 758 g/mol. The van der Waals surface area contributed by atoms with E-state index in [2.05, 4.69) is 79.9 Å². The Balaban J connectivity index is 0.000000177. The van der Waals surface area contributed by atoms with Crippen LogP contribution in [0.2, 0.25) is 0 Å². The third kappa shape index (κ3) is 7.81. The predicted octanol–water partition coefficient (Wildman–Crippen LogP) is 12.1. The molecule has 2 heterocycles. The molecule has 58 heavy (non-hydrogen) atoms. The lowest BCUT2D eigenvalue weighted by Crippen LogP contribution is -2.11. The summed E-state index contributed by atoms with van der Waals surface area (Å²) in [5, 5.41) is 21.9. The number of rotatable bonds is 10. The molecule has 8 aromatic rings. The number of aromatic nitrogens is 2. The Morgan fingerprint density at radius 2 is 1.12 bits per heavy atom. The van der Waals surface area contributed by atoms with Crippen LogP contribution in [-0.2, 0) is 41.7 Å². The summed E-state index contributed by atoms with van der Waals surface area (Å²) in [6.07, 6.45) is -3.26. The molecule has 0 amide bonds. The summed E-state index contributed by atoms with van der Waals surface area (Å²) >= 11 is 1.27. The number of aliphatic carboxylic acids is 2. The van der Waals surface area contributed by atoms with Crippen molar-refractivity contribution < 1.29 is 33.0 Å². The number of carboxylic acids is 2. The van der Waals surface area contributed by atoms with Crippen LogP contribution in [0, 0.1) is 6.92 Å². The molecule has 0 saturated heterocycles. The van der Waals surface area contributed by atoms with Crippen LogP contribution in [0.3, 0.4) is 0 Å². The van der Waals surface area contributed by atoms with Crippen molar-refractivity contribution >= 4 is 67.3 Å². The molecule has 0 unspecified atom stereocenters. The molecule has 0 aliphatic carbocycles. The van der Waals surface area contributed by atoms with Gasteiger partial charge in [-0.15, -0.1) is 11.8 Å². The second-order valence-electron chi connectivity index (χ2n) is 14.8. The van der Waals surface area contributed by atoms with Crippen molar-refractivity contribution in [1.82, 2.24) is 9.13 Å². The lowest BCUT2D eigenvalue weighted by atomic mass is 9.90. The number of thioether (sulfide) groups is 1. The highest BCUT2D eigenvalue weighted by Gasteiger charge is 2.36. The first-order valence-electron chi connectivity index (χ1n) is 19.0. The number of halogens is 3. The first kappa shape index (κ1) is 40.2. The molecule has 8 rings (SSSR count). The van der Waals surface area contributed by atoms with Gasteiger partial charge in [-0.2, -0.15) is 13.2 Å². The van der Waals surface area contributed by atoms with E-state index in [1.807, 2.05) is 41.0 Å². The standard InChI is InChI=1S/C25H25NO2.C23H18F3NO2S/c1-16(2)23-19(14-22(27)28)13-17(3)24-20-11-7-8-12-21(20)26(25(23)24)15-18-9-5-4-6-10-18;1-30-22-15(12-19(28)29)11-17(23(24,25)26)20-16-9-5-6-10-18(16)27(21(20)22)13-14-7-3-2-4-8-14/h4-13,16H,14-15H2,1-3H3,(H,27,28);2-11H,12-13H2,1H3,(H,28,29). The Labute approximate surface area is 338 Å². The SMILES string of the molecule is CSc1c(CC(=O)O)cc(C(F)(F)F)c2c3ccccc3n(Cc3ccccc3)c12.Cc1cc(CC(=O)O)c(C(C)C)c2c1c1ccccc1n2Cc1ccccc1. The maximum atomic E-state index is 14.1. The number of carbonyl (C=O) groups is 2. The van der Waals surface area contributed by atoms with Crippen molar-refractivity contribution in [2.75, 3.05) is 6.26 Å². The molecule has 0 saturated carbocycles.